The molecule has 0 amide bonds. The van der Waals surface area contributed by atoms with E-state index in [1.165, 1.54) is 12.1 Å². The highest BCUT2D eigenvalue weighted by molar-refractivity contribution is 9.09. The SMILES string of the molecule is CC(C)[C@@H](Br)c1ccc(F)cc1F. The molecule has 0 aliphatic heterocycles. The van der Waals surface area contributed by atoms with Crippen LogP contribution in [0.5, 0.6) is 0 Å². The number of rotatable bonds is 2. The van der Waals surface area contributed by atoms with Gasteiger partial charge in [-0.1, -0.05) is 35.8 Å². The largest absolute Gasteiger partial charge is 0.207 e. The van der Waals surface area contributed by atoms with Crippen molar-refractivity contribution >= 4 is 15.9 Å². The molecular formula is C10H11BrF2. The summed E-state index contributed by atoms with van der Waals surface area (Å²) in [6.45, 7) is 3.95. The Morgan fingerprint density at radius 3 is 2.31 bits per heavy atom. The van der Waals surface area contributed by atoms with E-state index < -0.39 is 11.6 Å². The van der Waals surface area contributed by atoms with Crippen LogP contribution in [0.4, 0.5) is 8.78 Å². The number of hydrogen-bond donors (Lipinski definition) is 0. The number of alkyl halides is 1. The molecule has 1 aromatic carbocycles. The van der Waals surface area contributed by atoms with E-state index in [4.69, 9.17) is 0 Å². The smallest absolute Gasteiger partial charge is 0.130 e. The fraction of sp³-hybridized carbons (Fsp3) is 0.400. The Morgan fingerprint density at radius 2 is 1.85 bits per heavy atom. The van der Waals surface area contributed by atoms with E-state index >= 15 is 0 Å². The van der Waals surface area contributed by atoms with Crippen LogP contribution >= 0.6 is 15.9 Å². The van der Waals surface area contributed by atoms with Crippen LogP contribution in [-0.2, 0) is 0 Å². The van der Waals surface area contributed by atoms with Crippen LogP contribution in [0, 0.1) is 17.6 Å². The van der Waals surface area contributed by atoms with Crippen molar-refractivity contribution in [3.63, 3.8) is 0 Å². The third-order valence-corrected chi connectivity index (χ3v) is 3.40. The Balaban J connectivity index is 3.01. The predicted molar refractivity (Wildman–Crippen MR) is 52.9 cm³/mol. The van der Waals surface area contributed by atoms with Crippen LogP contribution in [0.2, 0.25) is 0 Å². The average molecular weight is 249 g/mol. The molecule has 0 unspecified atom stereocenters. The fourth-order valence-corrected chi connectivity index (χ4v) is 1.46. The van der Waals surface area contributed by atoms with Crippen molar-refractivity contribution in [3.8, 4) is 0 Å². The molecule has 0 aromatic heterocycles. The highest BCUT2D eigenvalue weighted by Crippen LogP contribution is 2.32. The van der Waals surface area contributed by atoms with Crippen LogP contribution < -0.4 is 0 Å². The van der Waals surface area contributed by atoms with Gasteiger partial charge >= 0.3 is 0 Å². The standard InChI is InChI=1S/C10H11BrF2/c1-6(2)10(11)8-4-3-7(12)5-9(8)13/h3-6,10H,1-2H3/t10-/m1/s1. The first-order chi connectivity index (χ1) is 6.02. The summed E-state index contributed by atoms with van der Waals surface area (Å²) in [5, 5.41) is 0. The highest BCUT2D eigenvalue weighted by Gasteiger charge is 2.16. The van der Waals surface area contributed by atoms with Crippen LogP contribution in [0.25, 0.3) is 0 Å². The molecule has 0 nitrogen and oxygen atoms in total. The van der Waals surface area contributed by atoms with E-state index in [1.54, 1.807) is 0 Å². The van der Waals surface area contributed by atoms with Crippen molar-refractivity contribution in [2.75, 3.05) is 0 Å². The van der Waals surface area contributed by atoms with Crippen molar-refractivity contribution in [2.24, 2.45) is 5.92 Å². The van der Waals surface area contributed by atoms with Gasteiger partial charge in [-0.2, -0.15) is 0 Å². The Morgan fingerprint density at radius 1 is 1.23 bits per heavy atom. The third-order valence-electron chi connectivity index (χ3n) is 1.84. The Bertz CT molecular complexity index is 297. The summed E-state index contributed by atoms with van der Waals surface area (Å²) in [5.74, 6) is -0.750. The second-order valence-electron chi connectivity index (χ2n) is 3.31. The topological polar surface area (TPSA) is 0 Å². The molecule has 0 heterocycles. The minimum Gasteiger partial charge on any atom is -0.207 e. The lowest BCUT2D eigenvalue weighted by atomic mass is 10.0. The molecule has 0 aliphatic rings. The van der Waals surface area contributed by atoms with E-state index in [2.05, 4.69) is 15.9 Å². The van der Waals surface area contributed by atoms with Crippen LogP contribution in [0.15, 0.2) is 18.2 Å². The van der Waals surface area contributed by atoms with Gasteiger partial charge in [-0.3, -0.25) is 0 Å². The van der Waals surface area contributed by atoms with Gasteiger partial charge < -0.3 is 0 Å². The van der Waals surface area contributed by atoms with E-state index in [9.17, 15) is 8.78 Å². The molecule has 0 radical (unpaired) electrons. The second kappa shape index (κ2) is 4.18. The zero-order valence-electron chi connectivity index (χ0n) is 7.52. The van der Waals surface area contributed by atoms with E-state index in [1.807, 2.05) is 13.8 Å². The maximum Gasteiger partial charge on any atom is 0.130 e. The Labute approximate surface area is 85.1 Å². The lowest BCUT2D eigenvalue weighted by Gasteiger charge is -2.14. The van der Waals surface area contributed by atoms with Gasteiger partial charge in [0.2, 0.25) is 0 Å². The van der Waals surface area contributed by atoms with Gasteiger partial charge in [-0.15, -0.1) is 0 Å². The van der Waals surface area contributed by atoms with E-state index in [0.29, 0.717) is 5.56 Å². The van der Waals surface area contributed by atoms with Crippen molar-refractivity contribution in [1.29, 1.82) is 0 Å². The van der Waals surface area contributed by atoms with Crippen LogP contribution in [0.1, 0.15) is 24.2 Å². The zero-order valence-corrected chi connectivity index (χ0v) is 9.11. The zero-order chi connectivity index (χ0) is 10.0. The summed E-state index contributed by atoms with van der Waals surface area (Å²) in [5.41, 5.74) is 0.511. The third kappa shape index (κ3) is 2.50. The lowest BCUT2D eigenvalue weighted by molar-refractivity contribution is 0.550. The second-order valence-corrected chi connectivity index (χ2v) is 4.30. The van der Waals surface area contributed by atoms with Crippen LogP contribution in [0.3, 0.4) is 0 Å². The van der Waals surface area contributed by atoms with E-state index in [0.717, 1.165) is 6.07 Å². The quantitative estimate of drug-likeness (QED) is 0.693. The molecular weight excluding hydrogens is 238 g/mol. The summed E-state index contributed by atoms with van der Waals surface area (Å²) in [6, 6.07) is 3.66. The molecule has 1 atom stereocenters. The molecule has 0 bridgehead atoms. The number of halogens is 3. The first-order valence-electron chi connectivity index (χ1n) is 4.11. The fourth-order valence-electron chi connectivity index (χ4n) is 1.08. The summed E-state index contributed by atoms with van der Waals surface area (Å²) < 4.78 is 25.7. The first kappa shape index (κ1) is 10.6. The molecule has 13 heavy (non-hydrogen) atoms. The number of hydrogen-bond acceptors (Lipinski definition) is 0. The molecule has 0 saturated carbocycles. The monoisotopic (exact) mass is 248 g/mol. The van der Waals surface area contributed by atoms with Gasteiger partial charge in [0.25, 0.3) is 0 Å². The van der Waals surface area contributed by atoms with Gasteiger partial charge in [-0.25, -0.2) is 8.78 Å². The molecule has 72 valence electrons. The van der Waals surface area contributed by atoms with Gasteiger partial charge in [0, 0.05) is 16.5 Å². The van der Waals surface area contributed by atoms with Crippen molar-refractivity contribution in [3.05, 3.63) is 35.4 Å². The molecule has 1 aromatic rings. The number of benzene rings is 1. The van der Waals surface area contributed by atoms with Crippen molar-refractivity contribution < 1.29 is 8.78 Å². The molecule has 0 saturated heterocycles. The molecule has 0 fully saturated rings. The Hall–Kier alpha value is -0.440. The normalized spacial score (nSPS) is 13.4. The van der Waals surface area contributed by atoms with Gasteiger partial charge in [0.15, 0.2) is 0 Å². The minimum atomic E-state index is -0.537. The van der Waals surface area contributed by atoms with Gasteiger partial charge in [0.05, 0.1) is 0 Å². The van der Waals surface area contributed by atoms with E-state index in [-0.39, 0.29) is 10.7 Å². The minimum absolute atomic E-state index is 0.0619. The summed E-state index contributed by atoms with van der Waals surface area (Å²) in [6.07, 6.45) is 0. The summed E-state index contributed by atoms with van der Waals surface area (Å²) in [7, 11) is 0. The molecule has 0 N–H and O–H groups in total. The van der Waals surface area contributed by atoms with Crippen molar-refractivity contribution in [2.45, 2.75) is 18.7 Å². The average Bonchev–Trinajstić information content (AvgIpc) is 2.03. The molecule has 1 rings (SSSR count). The molecule has 0 aliphatic carbocycles. The maximum absolute atomic E-state index is 13.2. The summed E-state index contributed by atoms with van der Waals surface area (Å²) >= 11 is 3.36. The van der Waals surface area contributed by atoms with Crippen LogP contribution in [-0.4, -0.2) is 0 Å². The van der Waals surface area contributed by atoms with Gasteiger partial charge in [-0.05, 0) is 12.0 Å². The summed E-state index contributed by atoms with van der Waals surface area (Å²) in [4.78, 5) is -0.0619. The first-order valence-corrected chi connectivity index (χ1v) is 5.03. The predicted octanol–water partition coefficient (Wildman–Crippen LogP) is 4.06. The molecule has 3 heteroatoms. The lowest BCUT2D eigenvalue weighted by Crippen LogP contribution is -2.01. The Kier molecular flexibility index (Phi) is 3.42. The highest BCUT2D eigenvalue weighted by atomic mass is 79.9. The van der Waals surface area contributed by atoms with Gasteiger partial charge in [0.1, 0.15) is 11.6 Å². The maximum atomic E-state index is 13.2. The molecule has 0 spiro atoms. The van der Waals surface area contributed by atoms with Crippen molar-refractivity contribution in [1.82, 2.24) is 0 Å².